The first-order valence-electron chi connectivity index (χ1n) is 8.62. The number of nitrogens with one attached hydrogen (secondary N) is 1. The summed E-state index contributed by atoms with van der Waals surface area (Å²) in [6.45, 7) is 1.58. The second kappa shape index (κ2) is 9.90. The van der Waals surface area contributed by atoms with E-state index < -0.39 is 17.8 Å². The van der Waals surface area contributed by atoms with E-state index in [9.17, 15) is 14.0 Å². The van der Waals surface area contributed by atoms with Crippen LogP contribution in [-0.4, -0.2) is 36.9 Å². The van der Waals surface area contributed by atoms with Crippen LogP contribution in [0, 0.1) is 5.82 Å². The van der Waals surface area contributed by atoms with Gasteiger partial charge in [0.25, 0.3) is 0 Å². The first kappa shape index (κ1) is 21.4. The number of hydrogen-bond donors (Lipinski definition) is 1. The summed E-state index contributed by atoms with van der Waals surface area (Å²) in [4.78, 5) is 25.8. The fourth-order valence-electron chi connectivity index (χ4n) is 2.54. The van der Waals surface area contributed by atoms with Crippen LogP contribution in [0.25, 0.3) is 6.08 Å². The van der Waals surface area contributed by atoms with Crippen LogP contribution in [0.2, 0.25) is 5.02 Å². The predicted octanol–water partition coefficient (Wildman–Crippen LogP) is 3.66. The summed E-state index contributed by atoms with van der Waals surface area (Å²) in [5.41, 5.74) is 1.05. The summed E-state index contributed by atoms with van der Waals surface area (Å²) in [5.74, 6) is -0.524. The quantitative estimate of drug-likeness (QED) is 0.716. The van der Waals surface area contributed by atoms with E-state index in [0.29, 0.717) is 0 Å². The van der Waals surface area contributed by atoms with Gasteiger partial charge < -0.3 is 15.0 Å². The zero-order valence-corrected chi connectivity index (χ0v) is 16.7. The van der Waals surface area contributed by atoms with Gasteiger partial charge in [-0.25, -0.2) is 4.39 Å². The van der Waals surface area contributed by atoms with Crippen LogP contribution in [0.5, 0.6) is 5.75 Å². The Morgan fingerprint density at radius 2 is 1.93 bits per heavy atom. The second-order valence-electron chi connectivity index (χ2n) is 6.23. The van der Waals surface area contributed by atoms with Crippen molar-refractivity contribution in [2.75, 3.05) is 14.2 Å². The van der Waals surface area contributed by atoms with E-state index in [2.05, 4.69) is 5.32 Å². The Bertz CT molecular complexity index is 848. The molecule has 0 aliphatic carbocycles. The Labute approximate surface area is 168 Å². The molecular formula is C21H22ClFN2O3. The molecule has 0 unspecified atom stereocenters. The molecule has 2 aromatic rings. The van der Waals surface area contributed by atoms with Crippen molar-refractivity contribution in [3.63, 3.8) is 0 Å². The van der Waals surface area contributed by atoms with E-state index in [-0.39, 0.29) is 23.0 Å². The fourth-order valence-corrected chi connectivity index (χ4v) is 2.76. The number of halogens is 2. The largest absolute Gasteiger partial charge is 0.497 e. The molecule has 0 spiro atoms. The van der Waals surface area contributed by atoms with Gasteiger partial charge in [0.05, 0.1) is 7.11 Å². The summed E-state index contributed by atoms with van der Waals surface area (Å²) >= 11 is 6.00. The molecular weight excluding hydrogens is 383 g/mol. The minimum atomic E-state index is -0.774. The fraction of sp³-hybridized carbons (Fsp3) is 0.238. The third-order valence-corrected chi connectivity index (χ3v) is 4.46. The third-order valence-electron chi connectivity index (χ3n) is 4.11. The van der Waals surface area contributed by atoms with Crippen molar-refractivity contribution in [3.8, 4) is 5.75 Å². The average molecular weight is 405 g/mol. The van der Waals surface area contributed by atoms with E-state index in [1.165, 1.54) is 30.2 Å². The number of rotatable bonds is 7. The van der Waals surface area contributed by atoms with Crippen LogP contribution < -0.4 is 10.1 Å². The molecule has 2 amide bonds. The average Bonchev–Trinajstić information content (AvgIpc) is 2.68. The van der Waals surface area contributed by atoms with E-state index >= 15 is 0 Å². The molecule has 0 heterocycles. The van der Waals surface area contributed by atoms with Gasteiger partial charge in [-0.05, 0) is 42.8 Å². The van der Waals surface area contributed by atoms with E-state index in [0.717, 1.165) is 11.3 Å². The monoisotopic (exact) mass is 404 g/mol. The molecule has 28 heavy (non-hydrogen) atoms. The zero-order valence-electron chi connectivity index (χ0n) is 15.9. The molecule has 0 saturated carbocycles. The van der Waals surface area contributed by atoms with Gasteiger partial charge in [-0.15, -0.1) is 0 Å². The minimum Gasteiger partial charge on any atom is -0.497 e. The summed E-state index contributed by atoms with van der Waals surface area (Å²) in [7, 11) is 3.11. The number of benzene rings is 2. The molecule has 1 N–H and O–H groups in total. The minimum absolute atomic E-state index is 0.00619. The van der Waals surface area contributed by atoms with Crippen molar-refractivity contribution in [3.05, 3.63) is 70.5 Å². The van der Waals surface area contributed by atoms with Crippen molar-refractivity contribution in [1.82, 2.24) is 10.2 Å². The van der Waals surface area contributed by atoms with Crippen molar-refractivity contribution in [2.45, 2.75) is 19.5 Å². The lowest BCUT2D eigenvalue weighted by Crippen LogP contribution is -2.44. The molecule has 7 heteroatoms. The number of carbonyl (C=O) groups is 2. The van der Waals surface area contributed by atoms with Crippen molar-refractivity contribution < 1.29 is 18.7 Å². The van der Waals surface area contributed by atoms with Gasteiger partial charge in [-0.2, -0.15) is 0 Å². The molecule has 0 aliphatic rings. The smallest absolute Gasteiger partial charge is 0.244 e. The van der Waals surface area contributed by atoms with Gasteiger partial charge in [0, 0.05) is 30.3 Å². The Hall–Kier alpha value is -2.86. The van der Waals surface area contributed by atoms with Crippen LogP contribution in [0.1, 0.15) is 18.1 Å². The highest BCUT2D eigenvalue weighted by atomic mass is 35.5. The molecule has 0 saturated heterocycles. The first-order valence-corrected chi connectivity index (χ1v) is 9.00. The van der Waals surface area contributed by atoms with Gasteiger partial charge in [0.15, 0.2) is 0 Å². The summed E-state index contributed by atoms with van der Waals surface area (Å²) in [6, 6.07) is 10.8. The molecule has 0 aliphatic heterocycles. The normalized spacial score (nSPS) is 11.9. The van der Waals surface area contributed by atoms with E-state index in [1.54, 1.807) is 38.3 Å². The van der Waals surface area contributed by atoms with Crippen molar-refractivity contribution in [1.29, 1.82) is 0 Å². The summed E-state index contributed by atoms with van der Waals surface area (Å²) < 4.78 is 19.0. The molecule has 0 radical (unpaired) electrons. The van der Waals surface area contributed by atoms with Crippen molar-refractivity contribution >= 4 is 29.5 Å². The van der Waals surface area contributed by atoms with Gasteiger partial charge in [0.2, 0.25) is 11.8 Å². The molecule has 0 bridgehead atoms. The lowest BCUT2D eigenvalue weighted by molar-refractivity contribution is -0.134. The van der Waals surface area contributed by atoms with E-state index in [4.69, 9.17) is 16.3 Å². The second-order valence-corrected chi connectivity index (χ2v) is 6.64. The molecule has 0 aromatic heterocycles. The Morgan fingerprint density at radius 3 is 2.54 bits per heavy atom. The lowest BCUT2D eigenvalue weighted by atomic mass is 10.2. The lowest BCUT2D eigenvalue weighted by Gasteiger charge is -2.22. The van der Waals surface area contributed by atoms with Crippen LogP contribution in [-0.2, 0) is 16.1 Å². The van der Waals surface area contributed by atoms with Crippen molar-refractivity contribution in [2.24, 2.45) is 0 Å². The topological polar surface area (TPSA) is 58.6 Å². The number of ether oxygens (including phenoxy) is 1. The first-order chi connectivity index (χ1) is 13.3. The summed E-state index contributed by atoms with van der Waals surface area (Å²) in [5, 5.41) is 2.85. The predicted molar refractivity (Wildman–Crippen MR) is 108 cm³/mol. The van der Waals surface area contributed by atoms with Gasteiger partial charge >= 0.3 is 0 Å². The Balaban J connectivity index is 1.93. The number of carbonyl (C=O) groups excluding carboxylic acids is 2. The number of likely N-dealkylation sites (N-methyl/N-ethyl adjacent to an activating group) is 1. The Morgan fingerprint density at radius 1 is 1.25 bits per heavy atom. The maximum absolute atomic E-state index is 13.9. The maximum Gasteiger partial charge on any atom is 0.244 e. The highest BCUT2D eigenvalue weighted by molar-refractivity contribution is 6.31. The molecule has 1 atom stereocenters. The molecule has 5 nitrogen and oxygen atoms in total. The molecule has 148 valence electrons. The number of hydrogen-bond acceptors (Lipinski definition) is 3. The summed E-state index contributed by atoms with van der Waals surface area (Å²) in [6.07, 6.45) is 2.98. The number of nitrogens with zero attached hydrogens (tertiary/aromatic N) is 1. The van der Waals surface area contributed by atoms with E-state index in [1.807, 2.05) is 12.1 Å². The Kier molecular flexibility index (Phi) is 7.58. The zero-order chi connectivity index (χ0) is 20.7. The number of methoxy groups -OCH3 is 1. The molecule has 2 aromatic carbocycles. The SMILES string of the molecule is COc1ccc(/C=C/C(=O)N[C@@H](C)C(=O)N(C)Cc2c(F)cccc2Cl)cc1. The third kappa shape index (κ3) is 5.82. The van der Waals surface area contributed by atoms with Crippen LogP contribution >= 0.6 is 11.6 Å². The van der Waals surface area contributed by atoms with Gasteiger partial charge in [-0.1, -0.05) is 29.8 Å². The van der Waals surface area contributed by atoms with Gasteiger partial charge in [-0.3, -0.25) is 9.59 Å². The number of amides is 2. The maximum atomic E-state index is 13.9. The van der Waals surface area contributed by atoms with Crippen LogP contribution in [0.3, 0.4) is 0 Å². The highest BCUT2D eigenvalue weighted by Crippen LogP contribution is 2.20. The standard InChI is InChI=1S/C21H22ClFN2O3/c1-14(21(27)25(2)13-17-18(22)5-4-6-19(17)23)24-20(26)12-9-15-7-10-16(28-3)11-8-15/h4-12,14H,13H2,1-3H3,(H,24,26)/b12-9+/t14-/m0/s1. The molecule has 2 rings (SSSR count). The molecule has 0 fully saturated rings. The van der Waals surface area contributed by atoms with Gasteiger partial charge in [0.1, 0.15) is 17.6 Å². The van der Waals surface area contributed by atoms with Crippen LogP contribution in [0.15, 0.2) is 48.5 Å². The van der Waals surface area contributed by atoms with Crippen LogP contribution in [0.4, 0.5) is 4.39 Å². The highest BCUT2D eigenvalue weighted by Gasteiger charge is 2.20.